The molecule has 7 heteroatoms. The van der Waals surface area contributed by atoms with Crippen LogP contribution < -0.4 is 5.32 Å². The number of carboxylic acids is 1. The van der Waals surface area contributed by atoms with Crippen molar-refractivity contribution in [3.63, 3.8) is 0 Å². The molecule has 0 atom stereocenters. The van der Waals surface area contributed by atoms with E-state index in [1.165, 1.54) is 16.8 Å². The van der Waals surface area contributed by atoms with Crippen LogP contribution in [0.2, 0.25) is 0 Å². The predicted octanol–water partition coefficient (Wildman–Crippen LogP) is 0.113. The van der Waals surface area contributed by atoms with Gasteiger partial charge in [-0.15, -0.1) is 0 Å². The predicted molar refractivity (Wildman–Crippen MR) is 71.1 cm³/mol. The summed E-state index contributed by atoms with van der Waals surface area (Å²) in [6, 6.07) is -0.141. The van der Waals surface area contributed by atoms with Crippen molar-refractivity contribution in [2.24, 2.45) is 5.92 Å². The van der Waals surface area contributed by atoms with Gasteiger partial charge in [-0.1, -0.05) is 0 Å². The van der Waals surface area contributed by atoms with E-state index in [0.29, 0.717) is 12.5 Å². The topological polar surface area (TPSA) is 90.0 Å². The van der Waals surface area contributed by atoms with Crippen molar-refractivity contribution >= 4 is 17.9 Å². The van der Waals surface area contributed by atoms with Crippen molar-refractivity contribution in [2.75, 3.05) is 26.7 Å². The van der Waals surface area contributed by atoms with Crippen LogP contribution in [-0.4, -0.2) is 65.5 Å². The molecule has 0 aromatic carbocycles. The summed E-state index contributed by atoms with van der Waals surface area (Å²) in [4.78, 5) is 37.2. The van der Waals surface area contributed by atoms with E-state index in [1.807, 2.05) is 0 Å². The molecule has 2 fully saturated rings. The summed E-state index contributed by atoms with van der Waals surface area (Å²) >= 11 is 0. The Labute approximate surface area is 117 Å². The molecular formula is C13H21N3O4. The van der Waals surface area contributed by atoms with Gasteiger partial charge in [0.05, 0.1) is 0 Å². The summed E-state index contributed by atoms with van der Waals surface area (Å²) in [6.45, 7) is 0.111. The van der Waals surface area contributed by atoms with Crippen LogP contribution in [0, 0.1) is 5.92 Å². The molecule has 112 valence electrons. The van der Waals surface area contributed by atoms with Crippen LogP contribution in [0.25, 0.3) is 0 Å². The highest BCUT2D eigenvalue weighted by Crippen LogP contribution is 2.29. The lowest BCUT2D eigenvalue weighted by molar-refractivity contribution is -0.137. The van der Waals surface area contributed by atoms with E-state index >= 15 is 0 Å². The summed E-state index contributed by atoms with van der Waals surface area (Å²) in [5.41, 5.74) is 0. The zero-order valence-electron chi connectivity index (χ0n) is 11.7. The third-order valence-electron chi connectivity index (χ3n) is 3.42. The van der Waals surface area contributed by atoms with Gasteiger partial charge in [-0.25, -0.2) is 4.79 Å². The largest absolute Gasteiger partial charge is 0.480 e. The molecule has 0 saturated heterocycles. The normalized spacial score (nSPS) is 17.4. The average molecular weight is 283 g/mol. The minimum Gasteiger partial charge on any atom is -0.480 e. The van der Waals surface area contributed by atoms with E-state index in [-0.39, 0.29) is 25.0 Å². The summed E-state index contributed by atoms with van der Waals surface area (Å²) in [5, 5.41) is 11.7. The SMILES string of the molecule is CN(CC(=O)NC1CC1)C(=O)N(CC(=O)O)CC1CC1. The molecule has 0 heterocycles. The lowest BCUT2D eigenvalue weighted by atomic mass is 10.3. The molecule has 7 nitrogen and oxygen atoms in total. The van der Waals surface area contributed by atoms with Gasteiger partial charge in [0.15, 0.2) is 0 Å². The summed E-state index contributed by atoms with van der Waals surface area (Å²) < 4.78 is 0. The van der Waals surface area contributed by atoms with Crippen molar-refractivity contribution in [1.29, 1.82) is 0 Å². The van der Waals surface area contributed by atoms with Crippen molar-refractivity contribution < 1.29 is 19.5 Å². The first-order valence-electron chi connectivity index (χ1n) is 6.97. The number of aliphatic carboxylic acids is 1. The third-order valence-corrected chi connectivity index (χ3v) is 3.42. The van der Waals surface area contributed by atoms with Crippen LogP contribution in [0.5, 0.6) is 0 Å². The quantitative estimate of drug-likeness (QED) is 0.694. The summed E-state index contributed by atoms with van der Waals surface area (Å²) in [7, 11) is 1.52. The average Bonchev–Trinajstić information content (AvgIpc) is 3.22. The first kappa shape index (κ1) is 14.6. The van der Waals surface area contributed by atoms with Gasteiger partial charge in [0.1, 0.15) is 13.1 Å². The van der Waals surface area contributed by atoms with Crippen molar-refractivity contribution in [3.05, 3.63) is 0 Å². The van der Waals surface area contributed by atoms with Crippen LogP contribution in [0.15, 0.2) is 0 Å². The van der Waals surface area contributed by atoms with Gasteiger partial charge in [-0.05, 0) is 31.6 Å². The van der Waals surface area contributed by atoms with E-state index in [0.717, 1.165) is 25.7 Å². The molecule has 0 aromatic heterocycles. The van der Waals surface area contributed by atoms with E-state index in [1.54, 1.807) is 0 Å². The highest BCUT2D eigenvalue weighted by Gasteiger charge is 2.30. The van der Waals surface area contributed by atoms with Crippen LogP contribution in [-0.2, 0) is 9.59 Å². The van der Waals surface area contributed by atoms with E-state index in [4.69, 9.17) is 5.11 Å². The summed E-state index contributed by atoms with van der Waals surface area (Å²) in [5.74, 6) is -0.813. The second kappa shape index (κ2) is 6.11. The van der Waals surface area contributed by atoms with E-state index < -0.39 is 12.0 Å². The van der Waals surface area contributed by atoms with Crippen LogP contribution >= 0.6 is 0 Å². The van der Waals surface area contributed by atoms with Gasteiger partial charge >= 0.3 is 12.0 Å². The number of carbonyl (C=O) groups excluding carboxylic acids is 2. The molecule has 0 bridgehead atoms. The van der Waals surface area contributed by atoms with Crippen LogP contribution in [0.4, 0.5) is 4.79 Å². The number of rotatable bonds is 7. The second-order valence-corrected chi connectivity index (χ2v) is 5.70. The van der Waals surface area contributed by atoms with Gasteiger partial charge in [0.25, 0.3) is 0 Å². The van der Waals surface area contributed by atoms with Crippen molar-refractivity contribution in [2.45, 2.75) is 31.7 Å². The number of carbonyl (C=O) groups is 3. The maximum atomic E-state index is 12.2. The fourth-order valence-electron chi connectivity index (χ4n) is 2.01. The fraction of sp³-hybridized carbons (Fsp3) is 0.769. The minimum absolute atomic E-state index is 0.0316. The van der Waals surface area contributed by atoms with Crippen molar-refractivity contribution in [1.82, 2.24) is 15.1 Å². The monoisotopic (exact) mass is 283 g/mol. The second-order valence-electron chi connectivity index (χ2n) is 5.70. The molecule has 2 rings (SSSR count). The highest BCUT2D eigenvalue weighted by atomic mass is 16.4. The summed E-state index contributed by atoms with van der Waals surface area (Å²) in [6.07, 6.45) is 4.07. The Morgan fingerprint density at radius 1 is 1.15 bits per heavy atom. The number of nitrogens with one attached hydrogen (secondary N) is 1. The van der Waals surface area contributed by atoms with Gasteiger partial charge < -0.3 is 20.2 Å². The van der Waals surface area contributed by atoms with E-state index in [9.17, 15) is 14.4 Å². The van der Waals surface area contributed by atoms with Gasteiger partial charge in [-0.3, -0.25) is 9.59 Å². The first-order valence-corrected chi connectivity index (χ1v) is 6.97. The van der Waals surface area contributed by atoms with Gasteiger partial charge in [0.2, 0.25) is 5.91 Å². The minimum atomic E-state index is -1.03. The molecule has 0 aromatic rings. The number of carboxylic acid groups (broad SMARTS) is 1. The van der Waals surface area contributed by atoms with Crippen molar-refractivity contribution in [3.8, 4) is 0 Å². The van der Waals surface area contributed by atoms with Crippen LogP contribution in [0.3, 0.4) is 0 Å². The Morgan fingerprint density at radius 2 is 1.80 bits per heavy atom. The Morgan fingerprint density at radius 3 is 2.30 bits per heavy atom. The molecule has 0 aliphatic heterocycles. The zero-order valence-corrected chi connectivity index (χ0v) is 11.7. The fourth-order valence-corrected chi connectivity index (χ4v) is 2.01. The molecule has 20 heavy (non-hydrogen) atoms. The standard InChI is InChI=1S/C13H21N3O4/c1-15(7-11(17)14-10-4-5-10)13(20)16(8-12(18)19)6-9-2-3-9/h9-10H,2-8H2,1H3,(H,14,17)(H,18,19). The first-order chi connectivity index (χ1) is 9.45. The Balaban J connectivity index is 1.83. The number of hydrogen-bond acceptors (Lipinski definition) is 3. The van der Waals surface area contributed by atoms with Gasteiger partial charge in [-0.2, -0.15) is 0 Å². The number of hydrogen-bond donors (Lipinski definition) is 2. The number of urea groups is 1. The maximum Gasteiger partial charge on any atom is 0.323 e. The molecule has 0 unspecified atom stereocenters. The van der Waals surface area contributed by atoms with E-state index in [2.05, 4.69) is 5.32 Å². The molecule has 0 radical (unpaired) electrons. The molecule has 2 aliphatic carbocycles. The molecule has 2 aliphatic rings. The molecule has 0 spiro atoms. The molecular weight excluding hydrogens is 262 g/mol. The molecule has 2 N–H and O–H groups in total. The van der Waals surface area contributed by atoms with Crippen LogP contribution in [0.1, 0.15) is 25.7 Å². The molecule has 3 amide bonds. The zero-order chi connectivity index (χ0) is 14.7. The Bertz CT molecular complexity index is 404. The third kappa shape index (κ3) is 4.71. The maximum absolute atomic E-state index is 12.2. The lowest BCUT2D eigenvalue weighted by Crippen LogP contribution is -2.48. The Hall–Kier alpha value is -1.79. The molecule has 2 saturated carbocycles. The lowest BCUT2D eigenvalue weighted by Gasteiger charge is -2.26. The number of nitrogens with zero attached hydrogens (tertiary/aromatic N) is 2. The highest BCUT2D eigenvalue weighted by molar-refractivity contribution is 5.85. The smallest absolute Gasteiger partial charge is 0.323 e. The Kier molecular flexibility index (Phi) is 4.46. The number of amides is 3. The van der Waals surface area contributed by atoms with Gasteiger partial charge in [0, 0.05) is 19.6 Å². The number of likely N-dealkylation sites (N-methyl/N-ethyl adjacent to an activating group) is 1.